The van der Waals surface area contributed by atoms with E-state index in [9.17, 15) is 27.9 Å². The lowest BCUT2D eigenvalue weighted by atomic mass is 9.79. The Morgan fingerprint density at radius 1 is 1.29 bits per heavy atom. The van der Waals surface area contributed by atoms with Crippen LogP contribution in [0.4, 0.5) is 18.0 Å². The summed E-state index contributed by atoms with van der Waals surface area (Å²) in [6.45, 7) is 0. The third-order valence-electron chi connectivity index (χ3n) is 3.76. The molecule has 0 bridgehead atoms. The minimum absolute atomic E-state index is 0.0702. The molecule has 2 aromatic heterocycles. The predicted molar refractivity (Wildman–Crippen MR) is 81.9 cm³/mol. The maximum atomic E-state index is 13.5. The van der Waals surface area contributed by atoms with Crippen LogP contribution in [0.2, 0.25) is 0 Å². The van der Waals surface area contributed by atoms with Crippen LogP contribution in [0.1, 0.15) is 21.3 Å². The molecule has 1 aliphatic heterocycles. The fraction of sp³-hybridized carbons (Fsp3) is 0.286. The second-order valence-corrected chi connectivity index (χ2v) is 6.94. The molecule has 3 heterocycles. The van der Waals surface area contributed by atoms with Crippen LogP contribution in [0, 0.1) is 5.92 Å². The molecule has 0 saturated carbocycles. The number of rotatable bonds is 3. The Kier molecular flexibility index (Phi) is 4.14. The minimum atomic E-state index is -5.23. The Morgan fingerprint density at radius 2 is 2.04 bits per heavy atom. The number of hydrogen-bond donors (Lipinski definition) is 3. The number of halogens is 3. The van der Waals surface area contributed by atoms with Crippen LogP contribution in [0.15, 0.2) is 34.3 Å². The standard InChI is InChI=1S/C14H11F3N2O3S2/c15-14(16,17)13(22)9(11(20)8-2-1-4-24-8)10(18-12(21)19-13)7-3-5-23-6-7/h1-6,9-10,22H,(H2,18,19,21)/t9-,10+,13-/m1/s1. The first-order valence-corrected chi connectivity index (χ1v) is 8.54. The quantitative estimate of drug-likeness (QED) is 0.721. The van der Waals surface area contributed by atoms with Crippen LogP contribution in [-0.4, -0.2) is 28.8 Å². The molecular weight excluding hydrogens is 365 g/mol. The van der Waals surface area contributed by atoms with E-state index in [2.05, 4.69) is 5.32 Å². The summed E-state index contributed by atoms with van der Waals surface area (Å²) < 4.78 is 40.6. The van der Waals surface area contributed by atoms with Gasteiger partial charge in [0, 0.05) is 0 Å². The van der Waals surface area contributed by atoms with Crippen LogP contribution in [0.25, 0.3) is 0 Å². The smallest absolute Gasteiger partial charge is 0.363 e. The molecule has 3 atom stereocenters. The first kappa shape index (κ1) is 16.9. The van der Waals surface area contributed by atoms with Gasteiger partial charge in [0.25, 0.3) is 0 Å². The van der Waals surface area contributed by atoms with E-state index in [1.165, 1.54) is 40.2 Å². The van der Waals surface area contributed by atoms with Crippen molar-refractivity contribution in [3.8, 4) is 0 Å². The molecule has 0 unspecified atom stereocenters. The molecular formula is C14H11F3N2O3S2. The fourth-order valence-electron chi connectivity index (χ4n) is 2.64. The first-order valence-electron chi connectivity index (χ1n) is 6.71. The second kappa shape index (κ2) is 5.87. The highest BCUT2D eigenvalue weighted by Crippen LogP contribution is 2.44. The van der Waals surface area contributed by atoms with Crippen LogP contribution in [0.3, 0.4) is 0 Å². The zero-order valence-electron chi connectivity index (χ0n) is 11.8. The Morgan fingerprint density at radius 3 is 2.58 bits per heavy atom. The van der Waals surface area contributed by atoms with Gasteiger partial charge in [-0.3, -0.25) is 4.79 Å². The number of Topliss-reactive ketones (excluding diaryl/α,β-unsaturated/α-hetero) is 1. The Hall–Kier alpha value is -1.91. The highest BCUT2D eigenvalue weighted by molar-refractivity contribution is 7.12. The number of hydrogen-bond acceptors (Lipinski definition) is 5. The number of ketones is 1. The minimum Gasteiger partial charge on any atom is -0.363 e. The summed E-state index contributed by atoms with van der Waals surface area (Å²) in [5, 5.41) is 18.8. The third kappa shape index (κ3) is 2.70. The predicted octanol–water partition coefficient (Wildman–Crippen LogP) is 2.91. The van der Waals surface area contributed by atoms with Gasteiger partial charge >= 0.3 is 12.2 Å². The van der Waals surface area contributed by atoms with Gasteiger partial charge in [-0.15, -0.1) is 11.3 Å². The van der Waals surface area contributed by atoms with E-state index in [0.717, 1.165) is 11.3 Å². The van der Waals surface area contributed by atoms with Crippen molar-refractivity contribution in [2.24, 2.45) is 5.92 Å². The Bertz CT molecular complexity index is 746. The van der Waals surface area contributed by atoms with E-state index >= 15 is 0 Å². The molecule has 5 nitrogen and oxygen atoms in total. The van der Waals surface area contributed by atoms with Crippen molar-refractivity contribution in [3.05, 3.63) is 44.8 Å². The second-order valence-electron chi connectivity index (χ2n) is 5.22. The molecule has 3 N–H and O–H groups in total. The average Bonchev–Trinajstić information content (AvgIpc) is 3.18. The third-order valence-corrected chi connectivity index (χ3v) is 5.34. The monoisotopic (exact) mass is 376 g/mol. The number of alkyl halides is 3. The molecule has 1 aliphatic rings. The van der Waals surface area contributed by atoms with E-state index in [1.54, 1.807) is 10.8 Å². The molecule has 3 rings (SSSR count). The van der Waals surface area contributed by atoms with E-state index in [4.69, 9.17) is 0 Å². The van der Waals surface area contributed by atoms with Gasteiger partial charge in [-0.05, 0) is 33.8 Å². The van der Waals surface area contributed by atoms with Crippen LogP contribution >= 0.6 is 22.7 Å². The molecule has 2 amide bonds. The lowest BCUT2D eigenvalue weighted by Crippen LogP contribution is -2.72. The number of nitrogens with one attached hydrogen (secondary N) is 2. The van der Waals surface area contributed by atoms with Crippen molar-refractivity contribution in [1.29, 1.82) is 0 Å². The number of thiophene rings is 2. The fourth-order valence-corrected chi connectivity index (χ4v) is 4.04. The van der Waals surface area contributed by atoms with Crippen LogP contribution in [-0.2, 0) is 0 Å². The normalized spacial score (nSPS) is 27.4. The van der Waals surface area contributed by atoms with Gasteiger partial charge in [0.2, 0.25) is 5.72 Å². The van der Waals surface area contributed by atoms with Crippen molar-refractivity contribution < 1.29 is 27.9 Å². The molecule has 0 aromatic carbocycles. The van der Waals surface area contributed by atoms with Gasteiger partial charge in [0.1, 0.15) is 5.92 Å². The summed E-state index contributed by atoms with van der Waals surface area (Å²) in [6, 6.07) is 1.92. The first-order chi connectivity index (χ1) is 11.2. The highest BCUT2D eigenvalue weighted by Gasteiger charge is 2.66. The van der Waals surface area contributed by atoms with Gasteiger partial charge in [-0.2, -0.15) is 24.5 Å². The van der Waals surface area contributed by atoms with E-state index < -0.39 is 35.7 Å². The van der Waals surface area contributed by atoms with E-state index in [0.29, 0.717) is 5.56 Å². The van der Waals surface area contributed by atoms with Crippen molar-refractivity contribution in [2.75, 3.05) is 0 Å². The molecule has 0 aliphatic carbocycles. The van der Waals surface area contributed by atoms with Crippen molar-refractivity contribution in [1.82, 2.24) is 10.6 Å². The van der Waals surface area contributed by atoms with Gasteiger partial charge in [0.15, 0.2) is 5.78 Å². The lowest BCUT2D eigenvalue weighted by molar-refractivity contribution is -0.287. The van der Waals surface area contributed by atoms with Crippen molar-refractivity contribution in [2.45, 2.75) is 17.9 Å². The summed E-state index contributed by atoms with van der Waals surface area (Å²) in [5.74, 6) is -2.85. The van der Waals surface area contributed by atoms with Gasteiger partial charge in [0.05, 0.1) is 10.9 Å². The van der Waals surface area contributed by atoms with Crippen LogP contribution < -0.4 is 10.6 Å². The van der Waals surface area contributed by atoms with Crippen molar-refractivity contribution >= 4 is 34.5 Å². The van der Waals surface area contributed by atoms with Crippen LogP contribution in [0.5, 0.6) is 0 Å². The topological polar surface area (TPSA) is 78.4 Å². The lowest BCUT2D eigenvalue weighted by Gasteiger charge is -2.44. The molecule has 0 spiro atoms. The molecule has 1 saturated heterocycles. The zero-order valence-corrected chi connectivity index (χ0v) is 13.5. The summed E-state index contributed by atoms with van der Waals surface area (Å²) in [7, 11) is 0. The number of amides is 2. The molecule has 24 heavy (non-hydrogen) atoms. The average molecular weight is 376 g/mol. The van der Waals surface area contributed by atoms with Gasteiger partial charge in [-0.1, -0.05) is 6.07 Å². The molecule has 128 valence electrons. The Balaban J connectivity index is 2.13. The highest BCUT2D eigenvalue weighted by atomic mass is 32.1. The molecule has 0 radical (unpaired) electrons. The van der Waals surface area contributed by atoms with Gasteiger partial charge in [-0.25, -0.2) is 4.79 Å². The summed E-state index contributed by atoms with van der Waals surface area (Å²) in [4.78, 5) is 24.5. The molecule has 10 heteroatoms. The summed E-state index contributed by atoms with van der Waals surface area (Å²) in [6.07, 6.45) is -5.23. The molecule has 2 aromatic rings. The zero-order chi connectivity index (χ0) is 17.5. The maximum absolute atomic E-state index is 13.5. The molecule has 1 fully saturated rings. The summed E-state index contributed by atoms with van der Waals surface area (Å²) in [5.41, 5.74) is -3.34. The van der Waals surface area contributed by atoms with Gasteiger partial charge < -0.3 is 15.7 Å². The summed E-state index contributed by atoms with van der Waals surface area (Å²) >= 11 is 2.18. The van der Waals surface area contributed by atoms with E-state index in [-0.39, 0.29) is 4.88 Å². The SMILES string of the molecule is O=C1N[C@@H](c2ccsc2)[C@H](C(=O)c2cccs2)[C@@](O)(C(F)(F)F)N1. The number of aliphatic hydroxyl groups is 1. The maximum Gasteiger partial charge on any atom is 0.437 e. The Labute approximate surface area is 142 Å². The number of carbonyl (C=O) groups is 2. The van der Waals surface area contributed by atoms with Crippen molar-refractivity contribution in [3.63, 3.8) is 0 Å². The largest absolute Gasteiger partial charge is 0.437 e. The number of urea groups is 1. The number of carbonyl (C=O) groups excluding carboxylic acids is 2. The van der Waals surface area contributed by atoms with E-state index in [1.807, 2.05) is 0 Å².